The van der Waals surface area contributed by atoms with Gasteiger partial charge >= 0.3 is 0 Å². The molecule has 114 valence electrons. The SMILES string of the molecule is CNS(=O)(=O)c1ccc(F)c(NC=C(C#N)c2nn[nH]n2)c1. The molecule has 0 saturated heterocycles. The zero-order valence-electron chi connectivity index (χ0n) is 11.2. The standard InChI is InChI=1S/C11H10FN7O2S/c1-14-22(20,21)8-2-3-9(12)10(4-8)15-6-7(5-13)11-16-18-19-17-11/h2-4,6,14-15H,1H3,(H,16,17,18,19). The fourth-order valence-electron chi connectivity index (χ4n) is 1.47. The maximum atomic E-state index is 13.7. The van der Waals surface area contributed by atoms with Gasteiger partial charge in [-0.25, -0.2) is 17.5 Å². The number of allylic oxidation sites excluding steroid dienone is 1. The molecule has 2 rings (SSSR count). The van der Waals surface area contributed by atoms with E-state index >= 15 is 0 Å². The molecule has 0 aliphatic rings. The molecular weight excluding hydrogens is 313 g/mol. The normalized spacial score (nSPS) is 12.0. The summed E-state index contributed by atoms with van der Waals surface area (Å²) in [4.78, 5) is -0.120. The van der Waals surface area contributed by atoms with Crippen LogP contribution >= 0.6 is 0 Å². The van der Waals surface area contributed by atoms with E-state index < -0.39 is 15.8 Å². The van der Waals surface area contributed by atoms with E-state index in [4.69, 9.17) is 5.26 Å². The molecule has 0 amide bonds. The van der Waals surface area contributed by atoms with Gasteiger partial charge in [0.25, 0.3) is 0 Å². The van der Waals surface area contributed by atoms with E-state index in [2.05, 4.69) is 30.7 Å². The topological polar surface area (TPSA) is 136 Å². The summed E-state index contributed by atoms with van der Waals surface area (Å²) in [5.74, 6) is -0.661. The molecule has 0 saturated carbocycles. The van der Waals surface area contributed by atoms with Crippen LogP contribution in [0.3, 0.4) is 0 Å². The fourth-order valence-corrected chi connectivity index (χ4v) is 2.23. The van der Waals surface area contributed by atoms with Gasteiger partial charge in [-0.3, -0.25) is 0 Å². The first-order valence-corrected chi connectivity index (χ1v) is 7.30. The van der Waals surface area contributed by atoms with Gasteiger partial charge in [0.1, 0.15) is 17.5 Å². The number of aromatic nitrogens is 4. The molecule has 22 heavy (non-hydrogen) atoms. The molecule has 11 heteroatoms. The van der Waals surface area contributed by atoms with Gasteiger partial charge in [0, 0.05) is 6.20 Å². The maximum absolute atomic E-state index is 13.7. The molecule has 0 spiro atoms. The number of halogens is 1. The molecule has 0 unspecified atom stereocenters. The Labute approximate surface area is 124 Å². The van der Waals surface area contributed by atoms with Gasteiger partial charge in [-0.2, -0.15) is 10.5 Å². The van der Waals surface area contributed by atoms with Crippen LogP contribution in [0.15, 0.2) is 29.3 Å². The lowest BCUT2D eigenvalue weighted by Crippen LogP contribution is -2.18. The number of benzene rings is 1. The monoisotopic (exact) mass is 323 g/mol. The highest BCUT2D eigenvalue weighted by molar-refractivity contribution is 7.89. The van der Waals surface area contributed by atoms with Crippen LogP contribution in [0.25, 0.3) is 5.57 Å². The molecule has 2 aromatic rings. The second-order valence-corrected chi connectivity index (χ2v) is 5.79. The van der Waals surface area contributed by atoms with Crippen molar-refractivity contribution in [2.24, 2.45) is 0 Å². The van der Waals surface area contributed by atoms with Crippen molar-refractivity contribution in [1.82, 2.24) is 25.3 Å². The average molecular weight is 323 g/mol. The number of H-pyrrole nitrogens is 1. The molecule has 0 radical (unpaired) electrons. The van der Waals surface area contributed by atoms with E-state index in [1.54, 1.807) is 0 Å². The third-order valence-electron chi connectivity index (χ3n) is 2.60. The molecule has 0 atom stereocenters. The Hall–Kier alpha value is -2.84. The molecule has 9 nitrogen and oxygen atoms in total. The molecule has 3 N–H and O–H groups in total. The predicted octanol–water partition coefficient (Wildman–Crippen LogP) is 0.223. The van der Waals surface area contributed by atoms with Crippen LogP contribution in [-0.2, 0) is 10.0 Å². The van der Waals surface area contributed by atoms with Crippen molar-refractivity contribution >= 4 is 21.3 Å². The summed E-state index contributed by atoms with van der Waals surface area (Å²) in [5.41, 5.74) is -0.123. The lowest BCUT2D eigenvalue weighted by Gasteiger charge is -2.07. The highest BCUT2D eigenvalue weighted by Crippen LogP contribution is 2.20. The first-order chi connectivity index (χ1) is 10.5. The van der Waals surface area contributed by atoms with E-state index in [-0.39, 0.29) is 22.0 Å². The number of sulfonamides is 1. The minimum atomic E-state index is -3.71. The van der Waals surface area contributed by atoms with E-state index in [0.29, 0.717) is 0 Å². The quantitative estimate of drug-likeness (QED) is 0.669. The minimum absolute atomic E-state index is 0.00460. The van der Waals surface area contributed by atoms with Crippen molar-refractivity contribution in [1.29, 1.82) is 5.26 Å². The number of hydrogen-bond donors (Lipinski definition) is 3. The van der Waals surface area contributed by atoms with Gasteiger partial charge in [0.05, 0.1) is 10.6 Å². The van der Waals surface area contributed by atoms with Crippen LogP contribution in [0.1, 0.15) is 5.82 Å². The van der Waals surface area contributed by atoms with E-state index in [9.17, 15) is 12.8 Å². The lowest BCUT2D eigenvalue weighted by atomic mass is 10.3. The summed E-state index contributed by atoms with van der Waals surface area (Å²) in [5, 5.41) is 24.2. The molecule has 0 bridgehead atoms. The number of nitrogens with one attached hydrogen (secondary N) is 3. The van der Waals surface area contributed by atoms with Crippen LogP contribution in [0.2, 0.25) is 0 Å². The number of anilines is 1. The predicted molar refractivity (Wildman–Crippen MR) is 74.0 cm³/mol. The summed E-state index contributed by atoms with van der Waals surface area (Å²) in [6, 6.07) is 5.04. The zero-order valence-corrected chi connectivity index (χ0v) is 12.0. The minimum Gasteiger partial charge on any atom is -0.358 e. The first kappa shape index (κ1) is 15.5. The number of nitriles is 1. The molecule has 0 aliphatic heterocycles. The van der Waals surface area contributed by atoms with Crippen molar-refractivity contribution in [3.8, 4) is 6.07 Å². The second kappa shape index (κ2) is 6.29. The van der Waals surface area contributed by atoms with Crippen LogP contribution in [0.4, 0.5) is 10.1 Å². The van der Waals surface area contributed by atoms with Gasteiger partial charge in [-0.15, -0.1) is 10.2 Å². The summed E-state index contributed by atoms with van der Waals surface area (Å²) < 4.78 is 39.2. The molecular formula is C11H10FN7O2S. The molecule has 1 heterocycles. The molecule has 0 aliphatic carbocycles. The highest BCUT2D eigenvalue weighted by atomic mass is 32.2. The Kier molecular flexibility index (Phi) is 4.44. The largest absolute Gasteiger partial charge is 0.358 e. The summed E-state index contributed by atoms with van der Waals surface area (Å²) in [6.45, 7) is 0. The van der Waals surface area contributed by atoms with Gasteiger partial charge in [0.15, 0.2) is 0 Å². The van der Waals surface area contributed by atoms with Crippen LogP contribution in [-0.4, -0.2) is 36.1 Å². The third kappa shape index (κ3) is 3.25. The number of nitrogens with zero attached hydrogens (tertiary/aromatic N) is 4. The zero-order chi connectivity index (χ0) is 16.2. The molecule has 1 aromatic carbocycles. The summed E-state index contributed by atoms with van der Waals surface area (Å²) in [7, 11) is -2.46. The van der Waals surface area contributed by atoms with Gasteiger partial charge in [0.2, 0.25) is 15.8 Å². The Morgan fingerprint density at radius 2 is 2.27 bits per heavy atom. The second-order valence-electron chi connectivity index (χ2n) is 3.90. The van der Waals surface area contributed by atoms with Crippen molar-refractivity contribution in [2.75, 3.05) is 12.4 Å². The van der Waals surface area contributed by atoms with Crippen molar-refractivity contribution in [3.05, 3.63) is 36.0 Å². The Bertz CT molecular complexity index is 840. The third-order valence-corrected chi connectivity index (χ3v) is 4.01. The Morgan fingerprint density at radius 1 is 1.50 bits per heavy atom. The van der Waals surface area contributed by atoms with E-state index in [0.717, 1.165) is 24.4 Å². The van der Waals surface area contributed by atoms with Gasteiger partial charge < -0.3 is 5.32 Å². The number of aromatic amines is 1. The number of rotatable bonds is 5. The van der Waals surface area contributed by atoms with E-state index in [1.807, 2.05) is 6.07 Å². The van der Waals surface area contributed by atoms with Crippen LogP contribution < -0.4 is 10.0 Å². The molecule has 1 aromatic heterocycles. The summed E-state index contributed by atoms with van der Waals surface area (Å²) >= 11 is 0. The number of tetrazole rings is 1. The van der Waals surface area contributed by atoms with Crippen LogP contribution in [0, 0.1) is 17.1 Å². The smallest absolute Gasteiger partial charge is 0.240 e. The first-order valence-electron chi connectivity index (χ1n) is 5.81. The van der Waals surface area contributed by atoms with Gasteiger partial charge in [-0.1, -0.05) is 0 Å². The van der Waals surface area contributed by atoms with E-state index in [1.165, 1.54) is 7.05 Å². The van der Waals surface area contributed by atoms with Gasteiger partial charge in [-0.05, 0) is 30.5 Å². The van der Waals surface area contributed by atoms with Crippen molar-refractivity contribution in [3.63, 3.8) is 0 Å². The average Bonchev–Trinajstić information content (AvgIpc) is 3.03. The lowest BCUT2D eigenvalue weighted by molar-refractivity contribution is 0.587. The summed E-state index contributed by atoms with van der Waals surface area (Å²) in [6.07, 6.45) is 1.15. The number of hydrogen-bond acceptors (Lipinski definition) is 7. The Balaban J connectivity index is 2.34. The van der Waals surface area contributed by atoms with Crippen molar-refractivity contribution in [2.45, 2.75) is 4.90 Å². The van der Waals surface area contributed by atoms with Crippen LogP contribution in [0.5, 0.6) is 0 Å². The van der Waals surface area contributed by atoms with Crippen molar-refractivity contribution < 1.29 is 12.8 Å². The molecule has 0 fully saturated rings. The highest BCUT2D eigenvalue weighted by Gasteiger charge is 2.14. The fraction of sp³-hybridized carbons (Fsp3) is 0.0909. The Morgan fingerprint density at radius 3 is 2.86 bits per heavy atom. The maximum Gasteiger partial charge on any atom is 0.240 e.